The van der Waals surface area contributed by atoms with E-state index in [1.165, 1.54) is 35.0 Å². The summed E-state index contributed by atoms with van der Waals surface area (Å²) in [6.07, 6.45) is -2.01. The van der Waals surface area contributed by atoms with Crippen molar-refractivity contribution in [3.63, 3.8) is 0 Å². The normalized spacial score (nSPS) is 11.5. The molecule has 0 radical (unpaired) electrons. The fourth-order valence-electron chi connectivity index (χ4n) is 2.77. The van der Waals surface area contributed by atoms with Crippen molar-refractivity contribution in [3.05, 3.63) is 71.9 Å². The standard InChI is InChI=1S/C19H9F4N5/c20-12-5-4-11(9-24)13(8-12)14-2-1-3-15(26-14)16-10-25-18-27-17(19(21,22)23)6-7-28(16)18/h1-8,10H. The first-order valence-corrected chi connectivity index (χ1v) is 7.95. The van der Waals surface area contributed by atoms with E-state index in [-0.39, 0.29) is 11.3 Å². The van der Waals surface area contributed by atoms with Crippen molar-refractivity contribution in [2.75, 3.05) is 0 Å². The van der Waals surface area contributed by atoms with Crippen LogP contribution in [0.2, 0.25) is 0 Å². The van der Waals surface area contributed by atoms with Gasteiger partial charge in [-0.05, 0) is 36.4 Å². The third-order valence-electron chi connectivity index (χ3n) is 4.06. The number of pyridine rings is 1. The van der Waals surface area contributed by atoms with Crippen LogP contribution in [0.15, 0.2) is 54.9 Å². The fraction of sp³-hybridized carbons (Fsp3) is 0.0526. The van der Waals surface area contributed by atoms with Gasteiger partial charge in [0, 0.05) is 11.8 Å². The number of aromatic nitrogens is 4. The van der Waals surface area contributed by atoms with Crippen LogP contribution in [0.4, 0.5) is 17.6 Å². The molecule has 28 heavy (non-hydrogen) atoms. The van der Waals surface area contributed by atoms with Gasteiger partial charge < -0.3 is 0 Å². The summed E-state index contributed by atoms with van der Waals surface area (Å²) >= 11 is 0. The molecule has 0 saturated carbocycles. The molecule has 4 rings (SSSR count). The lowest BCUT2D eigenvalue weighted by Gasteiger charge is -2.08. The molecule has 9 heteroatoms. The zero-order valence-corrected chi connectivity index (χ0v) is 13.9. The van der Waals surface area contributed by atoms with Gasteiger partial charge in [-0.3, -0.25) is 4.40 Å². The highest BCUT2D eigenvalue weighted by Crippen LogP contribution is 2.29. The van der Waals surface area contributed by atoms with Crippen LogP contribution in [0.1, 0.15) is 11.3 Å². The number of benzene rings is 1. The summed E-state index contributed by atoms with van der Waals surface area (Å²) in [6, 6.07) is 11.5. The average molecular weight is 383 g/mol. The molecule has 0 aliphatic rings. The number of hydrogen-bond acceptors (Lipinski definition) is 4. The molecule has 0 fully saturated rings. The van der Waals surface area contributed by atoms with Crippen molar-refractivity contribution in [3.8, 4) is 28.7 Å². The second-order valence-corrected chi connectivity index (χ2v) is 5.83. The predicted molar refractivity (Wildman–Crippen MR) is 91.3 cm³/mol. The Hall–Kier alpha value is -3.80. The zero-order valence-electron chi connectivity index (χ0n) is 13.9. The minimum atomic E-state index is -4.57. The van der Waals surface area contributed by atoms with Crippen molar-refractivity contribution in [1.82, 2.24) is 19.4 Å². The van der Waals surface area contributed by atoms with Crippen LogP contribution in [0.5, 0.6) is 0 Å². The predicted octanol–water partition coefficient (Wildman–Crippen LogP) is 4.49. The van der Waals surface area contributed by atoms with E-state index in [0.717, 1.165) is 6.07 Å². The molecule has 0 aliphatic carbocycles. The molecule has 0 bridgehead atoms. The van der Waals surface area contributed by atoms with E-state index < -0.39 is 17.7 Å². The van der Waals surface area contributed by atoms with Crippen LogP contribution in [0.25, 0.3) is 28.4 Å². The van der Waals surface area contributed by atoms with Gasteiger partial charge in [-0.2, -0.15) is 18.4 Å². The van der Waals surface area contributed by atoms with E-state index >= 15 is 0 Å². The highest BCUT2D eigenvalue weighted by molar-refractivity contribution is 5.70. The van der Waals surface area contributed by atoms with E-state index in [2.05, 4.69) is 15.0 Å². The molecular formula is C19H9F4N5. The Labute approximate surface area is 155 Å². The van der Waals surface area contributed by atoms with Gasteiger partial charge in [0.15, 0.2) is 0 Å². The van der Waals surface area contributed by atoms with Gasteiger partial charge in [0.05, 0.1) is 34.9 Å². The molecule has 0 unspecified atom stereocenters. The van der Waals surface area contributed by atoms with E-state index in [9.17, 15) is 22.8 Å². The van der Waals surface area contributed by atoms with Gasteiger partial charge in [-0.1, -0.05) is 6.07 Å². The van der Waals surface area contributed by atoms with Crippen LogP contribution >= 0.6 is 0 Å². The van der Waals surface area contributed by atoms with Gasteiger partial charge in [-0.25, -0.2) is 19.3 Å². The van der Waals surface area contributed by atoms with Gasteiger partial charge in [-0.15, -0.1) is 0 Å². The van der Waals surface area contributed by atoms with Crippen LogP contribution in [-0.4, -0.2) is 19.4 Å². The van der Waals surface area contributed by atoms with Gasteiger partial charge in [0.25, 0.3) is 0 Å². The molecular weight excluding hydrogens is 374 g/mol. The quantitative estimate of drug-likeness (QED) is 0.479. The summed E-state index contributed by atoms with van der Waals surface area (Å²) in [7, 11) is 0. The lowest BCUT2D eigenvalue weighted by Crippen LogP contribution is -2.09. The number of rotatable bonds is 2. The lowest BCUT2D eigenvalue weighted by atomic mass is 10.0. The average Bonchev–Trinajstić information content (AvgIpc) is 3.10. The number of halogens is 4. The topological polar surface area (TPSA) is 66.9 Å². The van der Waals surface area contributed by atoms with Gasteiger partial charge in [0.2, 0.25) is 5.78 Å². The summed E-state index contributed by atoms with van der Waals surface area (Å²) < 4.78 is 53.5. The summed E-state index contributed by atoms with van der Waals surface area (Å²) in [5, 5.41) is 9.24. The number of nitrogens with zero attached hydrogens (tertiary/aromatic N) is 5. The minimum absolute atomic E-state index is 0.125. The Balaban J connectivity index is 1.83. The maximum absolute atomic E-state index is 13.6. The van der Waals surface area contributed by atoms with Crippen molar-refractivity contribution < 1.29 is 17.6 Å². The van der Waals surface area contributed by atoms with Crippen molar-refractivity contribution >= 4 is 5.78 Å². The maximum Gasteiger partial charge on any atom is 0.433 e. The van der Waals surface area contributed by atoms with E-state index in [0.29, 0.717) is 22.6 Å². The van der Waals surface area contributed by atoms with Crippen LogP contribution in [0, 0.1) is 17.1 Å². The third-order valence-corrected chi connectivity index (χ3v) is 4.06. The molecule has 3 aromatic heterocycles. The summed E-state index contributed by atoms with van der Waals surface area (Å²) in [5.74, 6) is -0.639. The van der Waals surface area contributed by atoms with Crippen LogP contribution in [-0.2, 0) is 6.18 Å². The molecule has 0 spiro atoms. The highest BCUT2D eigenvalue weighted by Gasteiger charge is 2.33. The van der Waals surface area contributed by atoms with Crippen molar-refractivity contribution in [2.24, 2.45) is 0 Å². The second kappa shape index (κ2) is 6.42. The molecule has 0 N–H and O–H groups in total. The van der Waals surface area contributed by atoms with E-state index in [4.69, 9.17) is 0 Å². The lowest BCUT2D eigenvalue weighted by molar-refractivity contribution is -0.141. The van der Waals surface area contributed by atoms with Crippen LogP contribution < -0.4 is 0 Å². The Morgan fingerprint density at radius 2 is 1.79 bits per heavy atom. The van der Waals surface area contributed by atoms with Crippen molar-refractivity contribution in [1.29, 1.82) is 5.26 Å². The number of alkyl halides is 3. The number of hydrogen-bond donors (Lipinski definition) is 0. The SMILES string of the molecule is N#Cc1ccc(F)cc1-c1cccc(-c2cnc3nc(C(F)(F)F)ccn23)n1. The molecule has 5 nitrogen and oxygen atoms in total. The summed E-state index contributed by atoms with van der Waals surface area (Å²) in [4.78, 5) is 11.9. The summed E-state index contributed by atoms with van der Waals surface area (Å²) in [5.41, 5.74) is 0.671. The maximum atomic E-state index is 13.6. The first-order valence-electron chi connectivity index (χ1n) is 7.95. The third kappa shape index (κ3) is 3.05. The van der Waals surface area contributed by atoms with Crippen molar-refractivity contribution in [2.45, 2.75) is 6.18 Å². The van der Waals surface area contributed by atoms with Gasteiger partial charge >= 0.3 is 6.18 Å². The Kier molecular flexibility index (Phi) is 4.04. The Bertz CT molecular complexity index is 1240. The fourth-order valence-corrected chi connectivity index (χ4v) is 2.77. The molecule has 138 valence electrons. The zero-order chi connectivity index (χ0) is 19.9. The van der Waals surface area contributed by atoms with Crippen LogP contribution in [0.3, 0.4) is 0 Å². The monoisotopic (exact) mass is 383 g/mol. The first-order chi connectivity index (χ1) is 13.4. The molecule has 1 aromatic carbocycles. The Morgan fingerprint density at radius 3 is 2.54 bits per heavy atom. The Morgan fingerprint density at radius 1 is 1.00 bits per heavy atom. The molecule has 3 heterocycles. The largest absolute Gasteiger partial charge is 0.433 e. The summed E-state index contributed by atoms with van der Waals surface area (Å²) in [6.45, 7) is 0. The van der Waals surface area contributed by atoms with E-state index in [1.807, 2.05) is 6.07 Å². The molecule has 0 aliphatic heterocycles. The van der Waals surface area contributed by atoms with E-state index in [1.54, 1.807) is 18.2 Å². The molecule has 0 amide bonds. The first kappa shape index (κ1) is 17.6. The smallest absolute Gasteiger partial charge is 0.282 e. The second-order valence-electron chi connectivity index (χ2n) is 5.83. The number of fused-ring (bicyclic) bond motifs is 1. The molecule has 4 aromatic rings. The molecule has 0 atom stereocenters. The number of imidazole rings is 1. The minimum Gasteiger partial charge on any atom is -0.282 e. The highest BCUT2D eigenvalue weighted by atomic mass is 19.4. The number of nitriles is 1. The molecule has 0 saturated heterocycles. The van der Waals surface area contributed by atoms with Gasteiger partial charge in [0.1, 0.15) is 11.5 Å².